The Morgan fingerprint density at radius 1 is 0.586 bits per heavy atom. The summed E-state index contributed by atoms with van der Waals surface area (Å²) in [5.41, 5.74) is 1.24. The molecule has 0 heterocycles. The van der Waals surface area contributed by atoms with E-state index in [1.165, 1.54) is 21.5 Å². The summed E-state index contributed by atoms with van der Waals surface area (Å²) in [7, 11) is 4.66. The second kappa shape index (κ2) is 8.75. The van der Waals surface area contributed by atoms with Crippen molar-refractivity contribution in [3.05, 3.63) is 66.2 Å². The number of hydrogen-bond donors (Lipinski definition) is 0. The molecule has 0 amide bonds. The van der Waals surface area contributed by atoms with E-state index < -0.39 is 7.26 Å². The molecule has 4 nitrogen and oxygen atoms in total. The maximum Gasteiger partial charge on any atom is 0.126 e. The zero-order valence-corrected chi connectivity index (χ0v) is 18.7. The van der Waals surface area contributed by atoms with Crippen LogP contribution in [0.25, 0.3) is 0 Å². The van der Waals surface area contributed by atoms with Crippen molar-refractivity contribution in [2.75, 3.05) is 35.1 Å². The van der Waals surface area contributed by atoms with Crippen LogP contribution in [-0.2, 0) is 0 Å². The van der Waals surface area contributed by atoms with Crippen molar-refractivity contribution in [3.63, 3.8) is 0 Å². The summed E-state index contributed by atoms with van der Waals surface area (Å²) in [5.74, 6) is 3.09. The lowest BCUT2D eigenvalue weighted by Gasteiger charge is -2.26. The number of rotatable bonds is 7. The fourth-order valence-electron chi connectivity index (χ4n) is 3.59. The Bertz CT molecular complexity index is 900. The summed E-state index contributed by atoms with van der Waals surface area (Å²) in [4.78, 5) is 0. The standard InChI is InChI=1S/C24H28O4P/c1-17-9-7-8-10-24(17)29(6,22-13-18(25-2)11-19(14-22)26-3)23-15-20(27-4)12-21(16-23)28-5/h7-16H,1-6H3/q+1. The highest BCUT2D eigenvalue weighted by atomic mass is 31.2. The Morgan fingerprint density at radius 2 is 0.966 bits per heavy atom. The van der Waals surface area contributed by atoms with Crippen molar-refractivity contribution < 1.29 is 18.9 Å². The summed E-state index contributed by atoms with van der Waals surface area (Å²) in [6.07, 6.45) is 0. The van der Waals surface area contributed by atoms with Gasteiger partial charge in [0.1, 0.15) is 46.2 Å². The van der Waals surface area contributed by atoms with E-state index in [9.17, 15) is 0 Å². The Labute approximate surface area is 173 Å². The van der Waals surface area contributed by atoms with Gasteiger partial charge < -0.3 is 18.9 Å². The van der Waals surface area contributed by atoms with Crippen LogP contribution in [0.4, 0.5) is 0 Å². The molecular formula is C24H28O4P+. The smallest absolute Gasteiger partial charge is 0.126 e. The average Bonchev–Trinajstić information content (AvgIpc) is 2.77. The maximum absolute atomic E-state index is 5.57. The van der Waals surface area contributed by atoms with Gasteiger partial charge >= 0.3 is 0 Å². The minimum atomic E-state index is -2.04. The lowest BCUT2D eigenvalue weighted by atomic mass is 10.2. The lowest BCUT2D eigenvalue weighted by Crippen LogP contribution is -2.32. The third-order valence-corrected chi connectivity index (χ3v) is 9.35. The molecular weight excluding hydrogens is 383 g/mol. The van der Waals surface area contributed by atoms with Crippen molar-refractivity contribution in [1.29, 1.82) is 0 Å². The van der Waals surface area contributed by atoms with Crippen LogP contribution in [0.15, 0.2) is 60.7 Å². The highest BCUT2D eigenvalue weighted by Gasteiger charge is 2.43. The van der Waals surface area contributed by atoms with Gasteiger partial charge in [0.15, 0.2) is 0 Å². The van der Waals surface area contributed by atoms with Crippen LogP contribution in [0.2, 0.25) is 0 Å². The molecule has 0 aliphatic carbocycles. The highest BCUT2D eigenvalue weighted by Crippen LogP contribution is 2.54. The van der Waals surface area contributed by atoms with Gasteiger partial charge in [-0.1, -0.05) is 18.2 Å². The van der Waals surface area contributed by atoms with Crippen LogP contribution in [0.1, 0.15) is 5.56 Å². The molecule has 3 aromatic carbocycles. The average molecular weight is 411 g/mol. The van der Waals surface area contributed by atoms with Gasteiger partial charge in [0.2, 0.25) is 0 Å². The van der Waals surface area contributed by atoms with E-state index in [0.29, 0.717) is 0 Å². The molecule has 0 bridgehead atoms. The monoisotopic (exact) mass is 411 g/mol. The van der Waals surface area contributed by atoms with Gasteiger partial charge in [-0.3, -0.25) is 0 Å². The largest absolute Gasteiger partial charge is 0.496 e. The minimum Gasteiger partial charge on any atom is -0.496 e. The molecule has 29 heavy (non-hydrogen) atoms. The van der Waals surface area contributed by atoms with Crippen LogP contribution >= 0.6 is 7.26 Å². The van der Waals surface area contributed by atoms with Crippen molar-refractivity contribution >= 4 is 23.2 Å². The molecule has 0 spiro atoms. The molecule has 3 rings (SSSR count). The molecule has 0 atom stereocenters. The van der Waals surface area contributed by atoms with Gasteiger partial charge in [-0.2, -0.15) is 0 Å². The molecule has 0 saturated heterocycles. The van der Waals surface area contributed by atoms with E-state index in [2.05, 4.69) is 62.1 Å². The van der Waals surface area contributed by atoms with Crippen molar-refractivity contribution in [2.45, 2.75) is 6.92 Å². The summed E-state index contributed by atoms with van der Waals surface area (Å²) in [6.45, 7) is 4.47. The number of ether oxygens (including phenoxy) is 4. The third kappa shape index (κ3) is 4.04. The molecule has 0 aliphatic heterocycles. The number of benzene rings is 3. The minimum absolute atomic E-state index is 0.772. The molecule has 0 aliphatic rings. The molecule has 3 aromatic rings. The van der Waals surface area contributed by atoms with Crippen molar-refractivity contribution in [3.8, 4) is 23.0 Å². The topological polar surface area (TPSA) is 36.9 Å². The second-order valence-corrected chi connectivity index (χ2v) is 10.5. The van der Waals surface area contributed by atoms with Crippen LogP contribution in [-0.4, -0.2) is 35.1 Å². The van der Waals surface area contributed by atoms with Crippen molar-refractivity contribution in [2.24, 2.45) is 0 Å². The summed E-state index contributed by atoms with van der Waals surface area (Å²) in [5, 5.41) is 3.63. The Kier molecular flexibility index (Phi) is 6.34. The highest BCUT2D eigenvalue weighted by molar-refractivity contribution is 7.95. The quantitative estimate of drug-likeness (QED) is 0.552. The number of aryl methyl sites for hydroxylation is 1. The maximum atomic E-state index is 5.57. The predicted molar refractivity (Wildman–Crippen MR) is 122 cm³/mol. The van der Waals surface area contributed by atoms with Crippen LogP contribution in [0.3, 0.4) is 0 Å². The molecule has 0 N–H and O–H groups in total. The molecule has 0 radical (unpaired) electrons. The van der Waals surface area contributed by atoms with Gasteiger partial charge in [0.25, 0.3) is 0 Å². The summed E-state index contributed by atoms with van der Waals surface area (Å²) in [6, 6.07) is 20.8. The normalized spacial score (nSPS) is 11.1. The lowest BCUT2D eigenvalue weighted by molar-refractivity contribution is 0.395. The fourth-order valence-corrected chi connectivity index (χ4v) is 7.15. The molecule has 5 heteroatoms. The first-order valence-corrected chi connectivity index (χ1v) is 11.6. The van der Waals surface area contributed by atoms with Gasteiger partial charge in [-0.05, 0) is 18.6 Å². The summed E-state index contributed by atoms with van der Waals surface area (Å²) >= 11 is 0. The van der Waals surface area contributed by atoms with E-state index in [0.717, 1.165) is 23.0 Å². The zero-order valence-electron chi connectivity index (χ0n) is 17.9. The Balaban J connectivity index is 2.37. The number of hydrogen-bond acceptors (Lipinski definition) is 4. The van der Waals surface area contributed by atoms with Gasteiger partial charge in [-0.25, -0.2) is 0 Å². The van der Waals surface area contributed by atoms with E-state index in [-0.39, 0.29) is 0 Å². The first kappa shape index (κ1) is 21.0. The second-order valence-electron chi connectivity index (χ2n) is 6.93. The van der Waals surface area contributed by atoms with Crippen LogP contribution in [0.5, 0.6) is 23.0 Å². The van der Waals surface area contributed by atoms with E-state index in [4.69, 9.17) is 18.9 Å². The first-order chi connectivity index (χ1) is 14.0. The van der Waals surface area contributed by atoms with E-state index in [1.54, 1.807) is 28.4 Å². The Hall–Kier alpha value is -2.71. The molecule has 0 unspecified atom stereocenters. The van der Waals surface area contributed by atoms with E-state index >= 15 is 0 Å². The first-order valence-electron chi connectivity index (χ1n) is 9.36. The predicted octanol–water partition coefficient (Wildman–Crippen LogP) is 3.95. The van der Waals surface area contributed by atoms with Crippen molar-refractivity contribution in [1.82, 2.24) is 0 Å². The molecule has 0 aromatic heterocycles. The zero-order chi connectivity index (χ0) is 21.0. The SMILES string of the molecule is COc1cc(OC)cc([P+](C)(c2cc(OC)cc(OC)c2)c2ccccc2C)c1. The van der Waals surface area contributed by atoms with Gasteiger partial charge in [0.05, 0.1) is 35.1 Å². The molecule has 0 fully saturated rings. The number of methoxy groups -OCH3 is 4. The summed E-state index contributed by atoms with van der Waals surface area (Å²) < 4.78 is 22.3. The van der Waals surface area contributed by atoms with Gasteiger partial charge in [-0.15, -0.1) is 0 Å². The van der Waals surface area contributed by atoms with Crippen LogP contribution < -0.4 is 34.9 Å². The molecule has 0 saturated carbocycles. The van der Waals surface area contributed by atoms with Gasteiger partial charge in [0, 0.05) is 36.4 Å². The van der Waals surface area contributed by atoms with E-state index in [1.807, 2.05) is 12.1 Å². The third-order valence-electron chi connectivity index (χ3n) is 5.30. The van der Waals surface area contributed by atoms with Crippen LogP contribution in [0, 0.1) is 6.92 Å². The fraction of sp³-hybridized carbons (Fsp3) is 0.250. The molecule has 152 valence electrons. The Morgan fingerprint density at radius 3 is 1.31 bits per heavy atom.